The second kappa shape index (κ2) is 4.42. The van der Waals surface area contributed by atoms with Crippen LogP contribution in [0.4, 0.5) is 0 Å². The van der Waals surface area contributed by atoms with Crippen molar-refractivity contribution in [2.45, 2.75) is 39.3 Å². The average molecular weight is 175 g/mol. The number of nitrogens with one attached hydrogen (secondary N) is 1. The van der Waals surface area contributed by atoms with E-state index in [0.29, 0.717) is 0 Å². The molecule has 0 aliphatic carbocycles. The third kappa shape index (κ3) is 6.12. The summed E-state index contributed by atoms with van der Waals surface area (Å²) in [5.74, 6) is -0.868. The molecule has 0 aromatic carbocycles. The highest BCUT2D eigenvalue weighted by Gasteiger charge is 2.13. The largest absolute Gasteiger partial charge is 0.480 e. The van der Waals surface area contributed by atoms with Crippen molar-refractivity contribution in [3.8, 4) is 0 Å². The molecule has 2 N–H and O–H groups in total. The van der Waals surface area contributed by atoms with Gasteiger partial charge in [-0.15, -0.1) is 0 Å². The molecule has 0 radical (unpaired) electrons. The molecule has 0 aromatic rings. The van der Waals surface area contributed by atoms with Gasteiger partial charge in [-0.1, -0.05) is 0 Å². The highest BCUT2D eigenvalue weighted by molar-refractivity contribution is 5.72. The van der Waals surface area contributed by atoms with Gasteiger partial charge >= 0.3 is 5.97 Å². The summed E-state index contributed by atoms with van der Waals surface area (Å²) in [6.45, 7) is 7.59. The van der Waals surface area contributed by atoms with E-state index in [9.17, 15) is 4.79 Å². The number of aliphatic carboxylic acids is 1. The summed E-state index contributed by atoms with van der Waals surface area (Å²) in [4.78, 5) is 10.3. The van der Waals surface area contributed by atoms with E-state index in [2.05, 4.69) is 5.32 Å². The number of ether oxygens (including phenoxy) is 1. The summed E-state index contributed by atoms with van der Waals surface area (Å²) in [5, 5.41) is 11.2. The predicted molar refractivity (Wildman–Crippen MR) is 45.9 cm³/mol. The van der Waals surface area contributed by atoms with Crippen LogP contribution in [0.2, 0.25) is 0 Å². The number of carbonyl (C=O) groups is 1. The van der Waals surface area contributed by atoms with Crippen LogP contribution in [-0.4, -0.2) is 29.4 Å². The fourth-order valence-electron chi connectivity index (χ4n) is 0.470. The highest BCUT2D eigenvalue weighted by Crippen LogP contribution is 2.04. The monoisotopic (exact) mass is 175 g/mol. The third-order valence-corrected chi connectivity index (χ3v) is 1.27. The molecule has 1 atom stereocenters. The van der Waals surface area contributed by atoms with Crippen LogP contribution in [0.25, 0.3) is 0 Å². The molecule has 4 nitrogen and oxygen atoms in total. The molecular formula is C8H17NO3. The lowest BCUT2D eigenvalue weighted by Gasteiger charge is -2.20. The summed E-state index contributed by atoms with van der Waals surface area (Å²) >= 11 is 0. The fraction of sp³-hybridized carbons (Fsp3) is 0.875. The fourth-order valence-corrected chi connectivity index (χ4v) is 0.470. The lowest BCUT2D eigenvalue weighted by molar-refractivity contribution is -0.140. The van der Waals surface area contributed by atoms with Crippen LogP contribution in [0.1, 0.15) is 27.7 Å². The summed E-state index contributed by atoms with van der Waals surface area (Å²) in [5.41, 5.74) is -0.231. The van der Waals surface area contributed by atoms with E-state index in [1.54, 1.807) is 6.92 Å². The van der Waals surface area contributed by atoms with Gasteiger partial charge in [0, 0.05) is 0 Å². The average Bonchev–Trinajstić information content (AvgIpc) is 1.84. The Morgan fingerprint density at radius 2 is 2.08 bits per heavy atom. The van der Waals surface area contributed by atoms with Crippen LogP contribution < -0.4 is 5.32 Å². The molecule has 4 heteroatoms. The minimum absolute atomic E-state index is 0.231. The number of carboxylic acid groups (broad SMARTS) is 1. The van der Waals surface area contributed by atoms with Gasteiger partial charge in [-0.3, -0.25) is 10.1 Å². The first-order chi connectivity index (χ1) is 5.33. The van der Waals surface area contributed by atoms with Crippen molar-refractivity contribution in [3.05, 3.63) is 0 Å². The molecule has 0 fully saturated rings. The maximum absolute atomic E-state index is 10.3. The molecule has 0 spiro atoms. The maximum Gasteiger partial charge on any atom is 0.320 e. The van der Waals surface area contributed by atoms with Crippen molar-refractivity contribution in [3.63, 3.8) is 0 Å². The molecule has 0 saturated heterocycles. The van der Waals surface area contributed by atoms with Crippen molar-refractivity contribution < 1.29 is 14.6 Å². The number of rotatable bonds is 4. The first-order valence-corrected chi connectivity index (χ1v) is 3.93. The zero-order chi connectivity index (χ0) is 9.78. The molecule has 0 saturated carbocycles. The highest BCUT2D eigenvalue weighted by atomic mass is 16.5. The quantitative estimate of drug-likeness (QED) is 0.621. The van der Waals surface area contributed by atoms with Gasteiger partial charge in [-0.05, 0) is 27.7 Å². The maximum atomic E-state index is 10.3. The lowest BCUT2D eigenvalue weighted by Crippen LogP contribution is -2.37. The molecule has 0 aromatic heterocycles. The smallest absolute Gasteiger partial charge is 0.320 e. The summed E-state index contributed by atoms with van der Waals surface area (Å²) in [7, 11) is 0. The molecule has 0 aliphatic heterocycles. The van der Waals surface area contributed by atoms with Gasteiger partial charge in [0.15, 0.2) is 0 Å². The topological polar surface area (TPSA) is 58.6 Å². The SMILES string of the molecule is C[C@@H](NCOC(C)(C)C)C(=O)O. The van der Waals surface area contributed by atoms with E-state index in [-0.39, 0.29) is 12.3 Å². The van der Waals surface area contributed by atoms with Crippen molar-refractivity contribution in [1.82, 2.24) is 5.32 Å². The lowest BCUT2D eigenvalue weighted by atomic mass is 10.2. The van der Waals surface area contributed by atoms with Gasteiger partial charge < -0.3 is 9.84 Å². The second-order valence-electron chi connectivity index (χ2n) is 3.67. The van der Waals surface area contributed by atoms with Gasteiger partial charge in [-0.25, -0.2) is 0 Å². The Balaban J connectivity index is 3.51. The Hall–Kier alpha value is -0.610. The van der Waals surface area contributed by atoms with Crippen molar-refractivity contribution in [1.29, 1.82) is 0 Å². The second-order valence-corrected chi connectivity index (χ2v) is 3.67. The normalized spacial score (nSPS) is 14.3. The molecular weight excluding hydrogens is 158 g/mol. The predicted octanol–water partition coefficient (Wildman–Crippen LogP) is 0.822. The van der Waals surface area contributed by atoms with Gasteiger partial charge in [-0.2, -0.15) is 0 Å². The Kier molecular flexibility index (Phi) is 4.20. The van der Waals surface area contributed by atoms with E-state index >= 15 is 0 Å². The molecule has 0 heterocycles. The standard InChI is InChI=1S/C8H17NO3/c1-6(7(10)11)9-5-12-8(2,3)4/h6,9H,5H2,1-4H3,(H,10,11)/t6-/m1/s1. The molecule has 0 rings (SSSR count). The summed E-state index contributed by atoms with van der Waals surface area (Å²) in [6.07, 6.45) is 0. The number of carboxylic acids is 1. The number of hydrogen-bond acceptors (Lipinski definition) is 3. The van der Waals surface area contributed by atoms with Crippen molar-refractivity contribution >= 4 is 5.97 Å². The molecule has 0 amide bonds. The van der Waals surface area contributed by atoms with E-state index < -0.39 is 12.0 Å². The first kappa shape index (κ1) is 11.4. The number of hydrogen-bond donors (Lipinski definition) is 2. The molecule has 12 heavy (non-hydrogen) atoms. The van der Waals surface area contributed by atoms with E-state index in [1.807, 2.05) is 20.8 Å². The summed E-state index contributed by atoms with van der Waals surface area (Å²) in [6, 6.07) is -0.563. The Morgan fingerprint density at radius 1 is 1.58 bits per heavy atom. The van der Waals surface area contributed by atoms with E-state index in [0.717, 1.165) is 0 Å². The Morgan fingerprint density at radius 3 is 2.42 bits per heavy atom. The van der Waals surface area contributed by atoms with Crippen LogP contribution in [0, 0.1) is 0 Å². The first-order valence-electron chi connectivity index (χ1n) is 3.93. The molecule has 0 bridgehead atoms. The summed E-state index contributed by atoms with van der Waals surface area (Å²) < 4.78 is 5.28. The van der Waals surface area contributed by atoms with Crippen LogP contribution in [0.3, 0.4) is 0 Å². The molecule has 0 aliphatic rings. The van der Waals surface area contributed by atoms with Gasteiger partial charge in [0.05, 0.1) is 12.3 Å². The Labute approximate surface area is 72.9 Å². The molecule has 72 valence electrons. The van der Waals surface area contributed by atoms with Gasteiger partial charge in [0.25, 0.3) is 0 Å². The van der Waals surface area contributed by atoms with E-state index in [1.165, 1.54) is 0 Å². The van der Waals surface area contributed by atoms with E-state index in [4.69, 9.17) is 9.84 Å². The van der Waals surface area contributed by atoms with Crippen LogP contribution in [-0.2, 0) is 9.53 Å². The minimum atomic E-state index is -0.868. The van der Waals surface area contributed by atoms with Crippen LogP contribution in [0.5, 0.6) is 0 Å². The van der Waals surface area contributed by atoms with Crippen LogP contribution >= 0.6 is 0 Å². The zero-order valence-corrected chi connectivity index (χ0v) is 8.05. The Bertz CT molecular complexity index is 151. The third-order valence-electron chi connectivity index (χ3n) is 1.27. The zero-order valence-electron chi connectivity index (χ0n) is 8.05. The molecule has 0 unspecified atom stereocenters. The van der Waals surface area contributed by atoms with Crippen molar-refractivity contribution in [2.24, 2.45) is 0 Å². The van der Waals surface area contributed by atoms with Crippen LogP contribution in [0.15, 0.2) is 0 Å². The van der Waals surface area contributed by atoms with Gasteiger partial charge in [0.2, 0.25) is 0 Å². The minimum Gasteiger partial charge on any atom is -0.480 e. The van der Waals surface area contributed by atoms with Crippen molar-refractivity contribution in [2.75, 3.05) is 6.73 Å². The van der Waals surface area contributed by atoms with Gasteiger partial charge in [0.1, 0.15) is 6.04 Å².